The van der Waals surface area contributed by atoms with E-state index in [-0.39, 0.29) is 0 Å². The molecule has 0 bridgehead atoms. The SMILES string of the molecule is COc1cncc2c1[C@]1(O)[C@H](O)[C@H](CNCC(C)(C)O)[C@@H](c3ccccc3)[C@]1(c1ccc(Br)cc1)O2. The summed E-state index contributed by atoms with van der Waals surface area (Å²) >= 11 is 3.51. The highest BCUT2D eigenvalue weighted by atomic mass is 79.9. The summed E-state index contributed by atoms with van der Waals surface area (Å²) in [6.45, 7) is 4.12. The zero-order valence-corrected chi connectivity index (χ0v) is 22.1. The van der Waals surface area contributed by atoms with E-state index in [1.54, 1.807) is 20.0 Å². The van der Waals surface area contributed by atoms with Crippen LogP contribution in [-0.2, 0) is 11.2 Å². The Morgan fingerprint density at radius 2 is 1.81 bits per heavy atom. The van der Waals surface area contributed by atoms with Crippen molar-refractivity contribution in [2.75, 3.05) is 20.2 Å². The van der Waals surface area contributed by atoms with Gasteiger partial charge in [0.05, 0.1) is 36.8 Å². The van der Waals surface area contributed by atoms with E-state index < -0.39 is 34.7 Å². The van der Waals surface area contributed by atoms with E-state index in [1.165, 1.54) is 13.3 Å². The molecular weight excluding hydrogens is 524 g/mol. The van der Waals surface area contributed by atoms with Crippen LogP contribution in [0.3, 0.4) is 0 Å². The number of nitrogens with one attached hydrogen (secondary N) is 1. The third kappa shape index (κ3) is 3.74. The van der Waals surface area contributed by atoms with Crippen molar-refractivity contribution in [2.24, 2.45) is 5.92 Å². The summed E-state index contributed by atoms with van der Waals surface area (Å²) in [7, 11) is 1.51. The van der Waals surface area contributed by atoms with Gasteiger partial charge in [0.15, 0.2) is 11.2 Å². The number of benzene rings is 2. The average molecular weight is 555 g/mol. The Kier molecular flexibility index (Phi) is 6.37. The zero-order chi connectivity index (χ0) is 25.7. The molecule has 1 aliphatic heterocycles. The van der Waals surface area contributed by atoms with Crippen LogP contribution in [0.2, 0.25) is 0 Å². The fraction of sp³-hybridized carbons (Fsp3) is 0.393. The van der Waals surface area contributed by atoms with Crippen molar-refractivity contribution >= 4 is 15.9 Å². The quantitative estimate of drug-likeness (QED) is 0.354. The van der Waals surface area contributed by atoms with Crippen molar-refractivity contribution < 1.29 is 24.8 Å². The van der Waals surface area contributed by atoms with Crippen molar-refractivity contribution in [3.63, 3.8) is 0 Å². The van der Waals surface area contributed by atoms with E-state index >= 15 is 0 Å². The van der Waals surface area contributed by atoms with E-state index in [2.05, 4.69) is 26.2 Å². The van der Waals surface area contributed by atoms with Crippen molar-refractivity contribution in [2.45, 2.75) is 42.7 Å². The van der Waals surface area contributed by atoms with Crippen molar-refractivity contribution in [3.05, 3.63) is 88.2 Å². The van der Waals surface area contributed by atoms with Crippen molar-refractivity contribution in [3.8, 4) is 11.5 Å². The van der Waals surface area contributed by atoms with Gasteiger partial charge in [-0.3, -0.25) is 4.98 Å². The third-order valence-electron chi connectivity index (χ3n) is 7.38. The molecule has 0 spiro atoms. The van der Waals surface area contributed by atoms with Gasteiger partial charge in [0.1, 0.15) is 11.5 Å². The number of pyridine rings is 1. The summed E-state index contributed by atoms with van der Waals surface area (Å²) in [4.78, 5) is 4.25. The average Bonchev–Trinajstić information content (AvgIpc) is 3.22. The van der Waals surface area contributed by atoms with Crippen LogP contribution >= 0.6 is 15.9 Å². The van der Waals surface area contributed by atoms with Crippen molar-refractivity contribution in [1.82, 2.24) is 10.3 Å². The number of ether oxygens (including phenoxy) is 2. The highest BCUT2D eigenvalue weighted by molar-refractivity contribution is 9.10. The van der Waals surface area contributed by atoms with E-state index in [0.717, 1.165) is 15.6 Å². The molecule has 5 rings (SSSR count). The van der Waals surface area contributed by atoms with Crippen LogP contribution in [0.1, 0.15) is 36.5 Å². The molecule has 36 heavy (non-hydrogen) atoms. The summed E-state index contributed by atoms with van der Waals surface area (Å²) in [5.41, 5.74) is -2.10. The number of aromatic nitrogens is 1. The van der Waals surface area contributed by atoms with Gasteiger partial charge in [0, 0.05) is 29.4 Å². The minimum atomic E-state index is -1.84. The number of rotatable bonds is 7. The van der Waals surface area contributed by atoms with Gasteiger partial charge in [0.2, 0.25) is 0 Å². The topological polar surface area (TPSA) is 104 Å². The third-order valence-corrected chi connectivity index (χ3v) is 7.91. The number of aliphatic hydroxyl groups is 3. The molecular formula is C28H31BrN2O5. The molecule has 0 saturated heterocycles. The second-order valence-electron chi connectivity index (χ2n) is 10.3. The Morgan fingerprint density at radius 1 is 1.11 bits per heavy atom. The molecule has 8 heteroatoms. The van der Waals surface area contributed by atoms with E-state index in [0.29, 0.717) is 30.2 Å². The smallest absolute Gasteiger partial charge is 0.177 e. The zero-order valence-electron chi connectivity index (χ0n) is 20.5. The maximum absolute atomic E-state index is 12.7. The van der Waals surface area contributed by atoms with Crippen LogP contribution in [0.4, 0.5) is 0 Å². The molecule has 0 radical (unpaired) electrons. The number of hydrogen-bond donors (Lipinski definition) is 4. The van der Waals surface area contributed by atoms with Crippen LogP contribution in [0.15, 0.2) is 71.5 Å². The largest absolute Gasteiger partial charge is 0.495 e. The molecule has 2 aromatic carbocycles. The number of fused-ring (bicyclic) bond motifs is 3. The van der Waals surface area contributed by atoms with Gasteiger partial charge >= 0.3 is 0 Å². The molecule has 3 aromatic rings. The lowest BCUT2D eigenvalue weighted by Crippen LogP contribution is -2.52. The molecule has 2 aliphatic rings. The lowest BCUT2D eigenvalue weighted by molar-refractivity contribution is -0.152. The second kappa shape index (κ2) is 9.11. The second-order valence-corrected chi connectivity index (χ2v) is 11.2. The Labute approximate surface area is 219 Å². The highest BCUT2D eigenvalue weighted by Gasteiger charge is 2.76. The minimum Gasteiger partial charge on any atom is -0.495 e. The van der Waals surface area contributed by atoms with Gasteiger partial charge in [-0.15, -0.1) is 0 Å². The van der Waals surface area contributed by atoms with Crippen LogP contribution in [0.25, 0.3) is 0 Å². The lowest BCUT2D eigenvalue weighted by Gasteiger charge is -2.41. The van der Waals surface area contributed by atoms with Gasteiger partial charge in [-0.25, -0.2) is 0 Å². The first-order valence-electron chi connectivity index (χ1n) is 12.0. The molecule has 1 aromatic heterocycles. The molecule has 190 valence electrons. The molecule has 4 N–H and O–H groups in total. The summed E-state index contributed by atoms with van der Waals surface area (Å²) in [6.07, 6.45) is 1.87. The number of methoxy groups -OCH3 is 1. The van der Waals surface area contributed by atoms with Gasteiger partial charge in [-0.05, 0) is 37.1 Å². The summed E-state index contributed by atoms with van der Waals surface area (Å²) < 4.78 is 13.3. The predicted octanol–water partition coefficient (Wildman–Crippen LogP) is 3.46. The number of aliphatic hydroxyl groups excluding tert-OH is 1. The normalized spacial score (nSPS) is 28.9. The van der Waals surface area contributed by atoms with Gasteiger partial charge in [0.25, 0.3) is 0 Å². The molecule has 7 nitrogen and oxygen atoms in total. The first-order chi connectivity index (χ1) is 17.1. The Balaban J connectivity index is 1.76. The number of nitrogens with zero attached hydrogens (tertiary/aromatic N) is 1. The molecule has 0 amide bonds. The first kappa shape index (κ1) is 25.2. The van der Waals surface area contributed by atoms with Gasteiger partial charge < -0.3 is 30.1 Å². The summed E-state index contributed by atoms with van der Waals surface area (Å²) in [5, 5.41) is 38.3. The Bertz CT molecular complexity index is 1230. The number of hydrogen-bond acceptors (Lipinski definition) is 7. The van der Waals surface area contributed by atoms with Gasteiger partial charge in [-0.2, -0.15) is 0 Å². The first-order valence-corrected chi connectivity index (χ1v) is 12.8. The molecule has 5 atom stereocenters. The van der Waals surface area contributed by atoms with E-state index in [9.17, 15) is 15.3 Å². The minimum absolute atomic E-state index is 0.326. The van der Waals surface area contributed by atoms with Crippen LogP contribution in [0.5, 0.6) is 11.5 Å². The molecule has 1 aliphatic carbocycles. The predicted molar refractivity (Wildman–Crippen MR) is 139 cm³/mol. The fourth-order valence-electron chi connectivity index (χ4n) is 6.00. The fourth-order valence-corrected chi connectivity index (χ4v) is 6.27. The Morgan fingerprint density at radius 3 is 2.44 bits per heavy atom. The maximum atomic E-state index is 12.7. The molecule has 2 heterocycles. The van der Waals surface area contributed by atoms with E-state index in [1.807, 2.05) is 54.6 Å². The summed E-state index contributed by atoms with van der Waals surface area (Å²) in [6, 6.07) is 17.4. The number of halogens is 1. The standard InChI is InChI=1S/C28H31BrN2O5/c1-26(2,33)16-31-13-20-23(17-7-5-4-6-8-17)28(18-9-11-19(29)12-10-18)27(34,25(20)32)24-21(35-3)14-30-15-22(24)36-28/h4-12,14-15,20,23,25,31-34H,13,16H2,1-3H3/t20-,23-,25-,27+,28+/m1/s1. The summed E-state index contributed by atoms with van der Waals surface area (Å²) in [5.74, 6) is -0.187. The Hall–Kier alpha value is -2.49. The van der Waals surface area contributed by atoms with E-state index in [4.69, 9.17) is 9.47 Å². The lowest BCUT2D eigenvalue weighted by atomic mass is 9.70. The van der Waals surface area contributed by atoms with Crippen LogP contribution in [0, 0.1) is 5.92 Å². The molecule has 0 unspecified atom stereocenters. The molecule has 1 saturated carbocycles. The maximum Gasteiger partial charge on any atom is 0.177 e. The van der Waals surface area contributed by atoms with Crippen LogP contribution in [-0.4, -0.2) is 52.2 Å². The monoisotopic (exact) mass is 554 g/mol. The van der Waals surface area contributed by atoms with Crippen molar-refractivity contribution in [1.29, 1.82) is 0 Å². The van der Waals surface area contributed by atoms with Gasteiger partial charge in [-0.1, -0.05) is 58.4 Å². The molecule has 1 fully saturated rings. The van der Waals surface area contributed by atoms with Crippen LogP contribution < -0.4 is 14.8 Å². The highest BCUT2D eigenvalue weighted by Crippen LogP contribution is 2.69.